The Bertz CT molecular complexity index is 990. The van der Waals surface area contributed by atoms with E-state index in [-0.39, 0.29) is 23.4 Å². The topological polar surface area (TPSA) is 84.9 Å². The number of methoxy groups -OCH3 is 2. The fraction of sp³-hybridized carbons (Fsp3) is 0.381. The summed E-state index contributed by atoms with van der Waals surface area (Å²) in [4.78, 5) is 14.9. The predicted molar refractivity (Wildman–Crippen MR) is 111 cm³/mol. The Labute approximate surface area is 171 Å². The largest absolute Gasteiger partial charge is 0.497 e. The standard InChI is InChI=1S/C21H26N2O5S/c1-27-15-10-11-16(19(13-15)28-2)18-8-6-12-23(18)14-21(24)22-17-7-4-5-9-20(17)29(3,25)26/h4-5,7,9-11,13,18H,6,8,12,14H2,1-3H3,(H,22,24)/t18-/m0/s1. The average Bonchev–Trinajstić information content (AvgIpc) is 3.14. The summed E-state index contributed by atoms with van der Waals surface area (Å²) in [6.45, 7) is 0.943. The molecule has 0 saturated carbocycles. The van der Waals surface area contributed by atoms with E-state index in [1.165, 1.54) is 6.07 Å². The van der Waals surface area contributed by atoms with Crippen molar-refractivity contribution in [3.05, 3.63) is 48.0 Å². The van der Waals surface area contributed by atoms with Crippen molar-refractivity contribution >= 4 is 21.4 Å². The van der Waals surface area contributed by atoms with Crippen molar-refractivity contribution in [3.63, 3.8) is 0 Å². The van der Waals surface area contributed by atoms with Gasteiger partial charge in [0.2, 0.25) is 5.91 Å². The number of sulfone groups is 1. The van der Waals surface area contributed by atoms with E-state index in [0.717, 1.165) is 37.0 Å². The fourth-order valence-electron chi connectivity index (χ4n) is 3.73. The van der Waals surface area contributed by atoms with E-state index >= 15 is 0 Å². The molecule has 1 N–H and O–H groups in total. The van der Waals surface area contributed by atoms with Crippen molar-refractivity contribution in [2.75, 3.05) is 38.9 Å². The lowest BCUT2D eigenvalue weighted by Gasteiger charge is -2.26. The summed E-state index contributed by atoms with van der Waals surface area (Å²) >= 11 is 0. The zero-order valence-electron chi connectivity index (χ0n) is 16.8. The number of hydrogen-bond donors (Lipinski definition) is 1. The van der Waals surface area contributed by atoms with Gasteiger partial charge in [-0.15, -0.1) is 0 Å². The van der Waals surface area contributed by atoms with Crippen molar-refractivity contribution in [2.45, 2.75) is 23.8 Å². The molecule has 29 heavy (non-hydrogen) atoms. The summed E-state index contributed by atoms with van der Waals surface area (Å²) in [5.74, 6) is 1.19. The third kappa shape index (κ3) is 4.89. The van der Waals surface area contributed by atoms with Crippen LogP contribution in [0.2, 0.25) is 0 Å². The molecule has 2 aromatic carbocycles. The zero-order valence-corrected chi connectivity index (χ0v) is 17.7. The number of carbonyl (C=O) groups excluding carboxylic acids is 1. The van der Waals surface area contributed by atoms with Gasteiger partial charge in [-0.3, -0.25) is 9.69 Å². The van der Waals surface area contributed by atoms with Gasteiger partial charge in [0.25, 0.3) is 0 Å². The Balaban J connectivity index is 1.76. The second kappa shape index (κ2) is 8.84. The molecule has 2 aromatic rings. The second-order valence-electron chi connectivity index (χ2n) is 7.05. The van der Waals surface area contributed by atoms with Crippen LogP contribution in [0.25, 0.3) is 0 Å². The Morgan fingerprint density at radius 2 is 1.93 bits per heavy atom. The summed E-state index contributed by atoms with van der Waals surface area (Å²) in [7, 11) is -0.209. The Morgan fingerprint density at radius 1 is 1.17 bits per heavy atom. The third-order valence-corrected chi connectivity index (χ3v) is 6.23. The first-order valence-electron chi connectivity index (χ1n) is 9.38. The van der Waals surface area contributed by atoms with Crippen LogP contribution in [-0.4, -0.2) is 52.8 Å². The molecule has 156 valence electrons. The van der Waals surface area contributed by atoms with E-state index in [9.17, 15) is 13.2 Å². The number of benzene rings is 2. The number of likely N-dealkylation sites (tertiary alicyclic amines) is 1. The number of anilines is 1. The Morgan fingerprint density at radius 3 is 2.62 bits per heavy atom. The molecule has 0 bridgehead atoms. The molecule has 1 heterocycles. The maximum Gasteiger partial charge on any atom is 0.238 e. The SMILES string of the molecule is COc1ccc([C@@H]2CCCN2CC(=O)Nc2ccccc2S(C)(=O)=O)c(OC)c1. The number of rotatable bonds is 7. The van der Waals surface area contributed by atoms with Crippen molar-refractivity contribution < 1.29 is 22.7 Å². The van der Waals surface area contributed by atoms with E-state index in [1.54, 1.807) is 32.4 Å². The molecule has 1 aliphatic rings. The molecule has 1 atom stereocenters. The number of hydrogen-bond acceptors (Lipinski definition) is 6. The number of amides is 1. The quantitative estimate of drug-likeness (QED) is 0.744. The highest BCUT2D eigenvalue weighted by molar-refractivity contribution is 7.90. The molecule has 1 aliphatic heterocycles. The first kappa shape index (κ1) is 21.1. The lowest BCUT2D eigenvalue weighted by molar-refractivity contribution is -0.117. The summed E-state index contributed by atoms with van der Waals surface area (Å²) in [6.07, 6.45) is 3.01. The number of para-hydroxylation sites is 1. The van der Waals surface area contributed by atoms with Gasteiger partial charge < -0.3 is 14.8 Å². The van der Waals surface area contributed by atoms with Crippen molar-refractivity contribution in [2.24, 2.45) is 0 Å². The average molecular weight is 419 g/mol. The third-order valence-electron chi connectivity index (χ3n) is 5.07. The van der Waals surface area contributed by atoms with Crippen LogP contribution in [-0.2, 0) is 14.6 Å². The molecule has 0 unspecified atom stereocenters. The summed E-state index contributed by atoms with van der Waals surface area (Å²) in [6, 6.07) is 12.2. The molecule has 1 amide bonds. The lowest BCUT2D eigenvalue weighted by atomic mass is 10.0. The lowest BCUT2D eigenvalue weighted by Crippen LogP contribution is -2.33. The minimum Gasteiger partial charge on any atom is -0.497 e. The fourth-order valence-corrected chi connectivity index (χ4v) is 4.57. The first-order chi connectivity index (χ1) is 13.8. The summed E-state index contributed by atoms with van der Waals surface area (Å²) in [5, 5.41) is 2.75. The van der Waals surface area contributed by atoms with Gasteiger partial charge in [0.1, 0.15) is 11.5 Å². The molecule has 1 saturated heterocycles. The molecule has 8 heteroatoms. The van der Waals surface area contributed by atoms with Gasteiger partial charge in [0.15, 0.2) is 9.84 Å². The second-order valence-corrected chi connectivity index (χ2v) is 9.04. The molecular weight excluding hydrogens is 392 g/mol. The Kier molecular flexibility index (Phi) is 6.44. The minimum atomic E-state index is -3.43. The number of carbonyl (C=O) groups is 1. The number of nitrogens with zero attached hydrogens (tertiary/aromatic N) is 1. The highest BCUT2D eigenvalue weighted by Gasteiger charge is 2.30. The van der Waals surface area contributed by atoms with E-state index in [4.69, 9.17) is 9.47 Å². The maximum absolute atomic E-state index is 12.7. The van der Waals surface area contributed by atoms with Gasteiger partial charge in [-0.2, -0.15) is 0 Å². The predicted octanol–water partition coefficient (Wildman–Crippen LogP) is 2.88. The maximum atomic E-state index is 12.7. The number of nitrogens with one attached hydrogen (secondary N) is 1. The molecule has 0 radical (unpaired) electrons. The van der Waals surface area contributed by atoms with Crippen molar-refractivity contribution in [1.29, 1.82) is 0 Å². The van der Waals surface area contributed by atoms with E-state index in [1.807, 2.05) is 18.2 Å². The first-order valence-corrected chi connectivity index (χ1v) is 11.3. The van der Waals surface area contributed by atoms with Crippen LogP contribution in [0.3, 0.4) is 0 Å². The van der Waals surface area contributed by atoms with Crippen molar-refractivity contribution in [1.82, 2.24) is 4.90 Å². The summed E-state index contributed by atoms with van der Waals surface area (Å²) in [5.41, 5.74) is 1.31. The monoisotopic (exact) mass is 418 g/mol. The van der Waals surface area contributed by atoms with Crippen LogP contribution in [0.4, 0.5) is 5.69 Å². The molecule has 0 aromatic heterocycles. The van der Waals surface area contributed by atoms with Crippen LogP contribution in [0.5, 0.6) is 11.5 Å². The van der Waals surface area contributed by atoms with Crippen LogP contribution in [0.15, 0.2) is 47.4 Å². The van der Waals surface area contributed by atoms with Crippen LogP contribution >= 0.6 is 0 Å². The highest BCUT2D eigenvalue weighted by Crippen LogP contribution is 2.38. The minimum absolute atomic E-state index is 0.0479. The van der Waals surface area contributed by atoms with Crippen molar-refractivity contribution in [3.8, 4) is 11.5 Å². The van der Waals surface area contributed by atoms with Gasteiger partial charge in [-0.25, -0.2) is 8.42 Å². The summed E-state index contributed by atoms with van der Waals surface area (Å²) < 4.78 is 34.7. The molecule has 0 spiro atoms. The molecule has 0 aliphatic carbocycles. The highest BCUT2D eigenvalue weighted by atomic mass is 32.2. The van der Waals surface area contributed by atoms with E-state index < -0.39 is 9.84 Å². The van der Waals surface area contributed by atoms with Crippen LogP contribution in [0, 0.1) is 0 Å². The molecule has 1 fully saturated rings. The van der Waals surface area contributed by atoms with Gasteiger partial charge in [0, 0.05) is 23.9 Å². The van der Waals surface area contributed by atoms with Gasteiger partial charge in [-0.1, -0.05) is 18.2 Å². The normalized spacial score (nSPS) is 17.1. The smallest absolute Gasteiger partial charge is 0.238 e. The van der Waals surface area contributed by atoms with Gasteiger partial charge >= 0.3 is 0 Å². The zero-order chi connectivity index (χ0) is 21.0. The molecular formula is C21H26N2O5S. The molecule has 3 rings (SSSR count). The Hall–Kier alpha value is -2.58. The van der Waals surface area contributed by atoms with Crippen LogP contribution in [0.1, 0.15) is 24.4 Å². The van der Waals surface area contributed by atoms with Crippen LogP contribution < -0.4 is 14.8 Å². The van der Waals surface area contributed by atoms with Gasteiger partial charge in [-0.05, 0) is 37.6 Å². The molecule has 7 nitrogen and oxygen atoms in total. The van der Waals surface area contributed by atoms with Gasteiger partial charge in [0.05, 0.1) is 31.3 Å². The van der Waals surface area contributed by atoms with E-state index in [2.05, 4.69) is 10.2 Å². The van der Waals surface area contributed by atoms with E-state index in [0.29, 0.717) is 11.4 Å². The number of ether oxygens (including phenoxy) is 2.